The number of fused-ring (bicyclic) bond motifs is 1. The van der Waals surface area contributed by atoms with Gasteiger partial charge in [0.1, 0.15) is 22.9 Å². The molecule has 2 heterocycles. The van der Waals surface area contributed by atoms with Gasteiger partial charge in [-0.2, -0.15) is 5.10 Å². The summed E-state index contributed by atoms with van der Waals surface area (Å²) in [5, 5.41) is 18.5. The van der Waals surface area contributed by atoms with Gasteiger partial charge in [0.05, 0.1) is 12.6 Å². The summed E-state index contributed by atoms with van der Waals surface area (Å²) in [7, 11) is 0. The summed E-state index contributed by atoms with van der Waals surface area (Å²) in [6, 6.07) is 22.0. The van der Waals surface area contributed by atoms with Crippen LogP contribution in [-0.4, -0.2) is 32.7 Å². The van der Waals surface area contributed by atoms with Crippen LogP contribution >= 0.6 is 11.6 Å². The molecule has 0 bridgehead atoms. The highest BCUT2D eigenvalue weighted by atomic mass is 35.5. The first-order valence-electron chi connectivity index (χ1n) is 11.7. The molecule has 1 aliphatic rings. The number of para-hydroxylation sites is 1. The number of carbonyl (C=O) groups excluding carboxylic acids is 1. The maximum atomic E-state index is 13.6. The van der Waals surface area contributed by atoms with Gasteiger partial charge in [0.2, 0.25) is 0 Å². The van der Waals surface area contributed by atoms with Crippen LogP contribution in [0.5, 0.6) is 11.5 Å². The van der Waals surface area contributed by atoms with Gasteiger partial charge in [-0.15, -0.1) is 0 Å². The minimum atomic E-state index is -0.383. The largest absolute Gasteiger partial charge is 0.507 e. The Balaban J connectivity index is 1.56. The van der Waals surface area contributed by atoms with Crippen LogP contribution in [0.2, 0.25) is 5.02 Å². The van der Waals surface area contributed by atoms with Crippen LogP contribution < -0.4 is 4.74 Å². The highest BCUT2D eigenvalue weighted by molar-refractivity contribution is 6.30. The fourth-order valence-corrected chi connectivity index (χ4v) is 4.58. The van der Waals surface area contributed by atoms with Crippen LogP contribution in [0.25, 0.3) is 11.3 Å². The Morgan fingerprint density at radius 2 is 1.80 bits per heavy atom. The quantitative estimate of drug-likeness (QED) is 0.283. The second-order valence-electron chi connectivity index (χ2n) is 8.61. The van der Waals surface area contributed by atoms with Gasteiger partial charge in [-0.3, -0.25) is 9.89 Å². The Labute approximate surface area is 209 Å². The smallest absolute Gasteiger partial charge is 0.273 e. The molecule has 5 rings (SSSR count). The normalized spacial score (nSPS) is 14.9. The molecule has 3 aromatic carbocycles. The van der Waals surface area contributed by atoms with E-state index in [1.807, 2.05) is 59.5 Å². The minimum absolute atomic E-state index is 0.115. The number of nitrogens with one attached hydrogen (secondary N) is 1. The molecule has 0 fully saturated rings. The third-order valence-corrected chi connectivity index (χ3v) is 6.50. The van der Waals surface area contributed by atoms with Gasteiger partial charge in [0.25, 0.3) is 5.91 Å². The molecule has 2 N–H and O–H groups in total. The summed E-state index contributed by atoms with van der Waals surface area (Å²) in [5.74, 6) is 0.769. The molecule has 7 heteroatoms. The van der Waals surface area contributed by atoms with Crippen LogP contribution in [0.4, 0.5) is 0 Å². The van der Waals surface area contributed by atoms with E-state index in [9.17, 15) is 9.90 Å². The van der Waals surface area contributed by atoms with E-state index >= 15 is 0 Å². The van der Waals surface area contributed by atoms with Crippen LogP contribution in [-0.2, 0) is 6.54 Å². The Morgan fingerprint density at radius 3 is 2.51 bits per heavy atom. The molecule has 0 saturated carbocycles. The molecule has 1 unspecified atom stereocenters. The van der Waals surface area contributed by atoms with E-state index in [2.05, 4.69) is 17.1 Å². The molecular formula is C28H26ClN3O3. The third kappa shape index (κ3) is 4.49. The van der Waals surface area contributed by atoms with Crippen molar-refractivity contribution in [3.8, 4) is 22.8 Å². The fourth-order valence-electron chi connectivity index (χ4n) is 4.45. The van der Waals surface area contributed by atoms with Crippen molar-refractivity contribution in [3.63, 3.8) is 0 Å². The van der Waals surface area contributed by atoms with Crippen molar-refractivity contribution in [1.82, 2.24) is 15.1 Å². The van der Waals surface area contributed by atoms with E-state index < -0.39 is 0 Å². The van der Waals surface area contributed by atoms with Crippen molar-refractivity contribution < 1.29 is 14.6 Å². The number of aromatic nitrogens is 2. The number of hydrogen-bond donors (Lipinski definition) is 2. The first kappa shape index (κ1) is 23.0. The van der Waals surface area contributed by atoms with E-state index in [0.717, 1.165) is 35.3 Å². The van der Waals surface area contributed by atoms with Crippen molar-refractivity contribution in [2.24, 2.45) is 0 Å². The number of amides is 1. The molecular weight excluding hydrogens is 462 g/mol. The highest BCUT2D eigenvalue weighted by Crippen LogP contribution is 2.45. The van der Waals surface area contributed by atoms with E-state index in [-0.39, 0.29) is 17.7 Å². The lowest BCUT2D eigenvalue weighted by molar-refractivity contribution is 0.0730. The van der Waals surface area contributed by atoms with Gasteiger partial charge in [0.15, 0.2) is 0 Å². The van der Waals surface area contributed by atoms with Crippen LogP contribution in [0.15, 0.2) is 72.8 Å². The summed E-state index contributed by atoms with van der Waals surface area (Å²) in [4.78, 5) is 15.4. The zero-order valence-corrected chi connectivity index (χ0v) is 20.1. The highest BCUT2D eigenvalue weighted by Gasteiger charge is 2.42. The Morgan fingerprint density at radius 1 is 1.06 bits per heavy atom. The summed E-state index contributed by atoms with van der Waals surface area (Å²) in [6.45, 7) is 3.20. The molecule has 178 valence electrons. The van der Waals surface area contributed by atoms with E-state index in [0.29, 0.717) is 35.1 Å². The molecule has 1 amide bonds. The number of aromatic hydroxyl groups is 1. The van der Waals surface area contributed by atoms with Crippen LogP contribution in [0, 0.1) is 0 Å². The average Bonchev–Trinajstić information content (AvgIpc) is 3.41. The summed E-state index contributed by atoms with van der Waals surface area (Å²) in [5.41, 5.74) is 4.24. The van der Waals surface area contributed by atoms with Gasteiger partial charge in [-0.1, -0.05) is 61.3 Å². The first-order valence-corrected chi connectivity index (χ1v) is 12.1. The lowest BCUT2D eigenvalue weighted by Crippen LogP contribution is -2.29. The van der Waals surface area contributed by atoms with Crippen molar-refractivity contribution in [2.75, 3.05) is 6.61 Å². The Kier molecular flexibility index (Phi) is 6.47. The molecule has 0 radical (unpaired) electrons. The molecule has 35 heavy (non-hydrogen) atoms. The van der Waals surface area contributed by atoms with Crippen LogP contribution in [0.3, 0.4) is 0 Å². The third-order valence-electron chi connectivity index (χ3n) is 6.25. The lowest BCUT2D eigenvalue weighted by Gasteiger charge is -2.27. The number of hydrogen-bond acceptors (Lipinski definition) is 4. The van der Waals surface area contributed by atoms with E-state index in [4.69, 9.17) is 16.3 Å². The first-order chi connectivity index (χ1) is 17.1. The van der Waals surface area contributed by atoms with E-state index in [1.165, 1.54) is 0 Å². The molecule has 1 aliphatic heterocycles. The van der Waals surface area contributed by atoms with Gasteiger partial charge in [-0.05, 0) is 53.9 Å². The maximum absolute atomic E-state index is 13.6. The molecule has 0 saturated heterocycles. The predicted molar refractivity (Wildman–Crippen MR) is 136 cm³/mol. The lowest BCUT2D eigenvalue weighted by atomic mass is 9.95. The number of ether oxygens (including phenoxy) is 1. The molecule has 4 aromatic rings. The molecule has 6 nitrogen and oxygen atoms in total. The van der Waals surface area contributed by atoms with Crippen molar-refractivity contribution >= 4 is 17.5 Å². The number of benzene rings is 3. The molecule has 1 aromatic heterocycles. The number of H-pyrrole nitrogens is 1. The standard InChI is InChI=1S/C28H26ClN3O3/c1-2-3-16-35-21-14-10-19(11-15-21)27-24-25(22-6-4-5-7-23(22)33)30-31-26(24)28(34)32(27)17-18-8-12-20(29)13-9-18/h4-15,27,33H,2-3,16-17H2,1H3,(H,30,31). The second-order valence-corrected chi connectivity index (χ2v) is 9.05. The van der Waals surface area contributed by atoms with Crippen LogP contribution in [0.1, 0.15) is 53.0 Å². The number of phenols is 1. The monoisotopic (exact) mass is 487 g/mol. The Bertz CT molecular complexity index is 1330. The van der Waals surface area contributed by atoms with Gasteiger partial charge >= 0.3 is 0 Å². The number of carbonyl (C=O) groups is 1. The molecule has 0 spiro atoms. The summed E-state index contributed by atoms with van der Waals surface area (Å²) < 4.78 is 5.84. The van der Waals surface area contributed by atoms with Gasteiger partial charge < -0.3 is 14.7 Å². The second kappa shape index (κ2) is 9.84. The fraction of sp³-hybridized carbons (Fsp3) is 0.214. The number of aromatic amines is 1. The summed E-state index contributed by atoms with van der Waals surface area (Å²) >= 11 is 6.07. The van der Waals surface area contributed by atoms with Crippen molar-refractivity contribution in [3.05, 3.63) is 100 Å². The molecule has 1 atom stereocenters. The zero-order valence-electron chi connectivity index (χ0n) is 19.4. The summed E-state index contributed by atoms with van der Waals surface area (Å²) in [6.07, 6.45) is 2.07. The average molecular weight is 488 g/mol. The number of nitrogens with zero attached hydrogens (tertiary/aromatic N) is 2. The number of unbranched alkanes of at least 4 members (excludes halogenated alkanes) is 1. The Hall–Kier alpha value is -3.77. The predicted octanol–water partition coefficient (Wildman–Crippen LogP) is 6.36. The number of phenolic OH excluding ortho intramolecular Hbond substituents is 1. The SMILES string of the molecule is CCCCOc1ccc(C2c3c(-c4ccccc4O)n[nH]c3C(=O)N2Cc2ccc(Cl)cc2)cc1. The van der Waals surface area contributed by atoms with Crippen molar-refractivity contribution in [2.45, 2.75) is 32.4 Å². The van der Waals surface area contributed by atoms with Gasteiger partial charge in [0, 0.05) is 22.7 Å². The van der Waals surface area contributed by atoms with E-state index in [1.54, 1.807) is 18.2 Å². The topological polar surface area (TPSA) is 78.5 Å². The molecule has 0 aliphatic carbocycles. The minimum Gasteiger partial charge on any atom is -0.507 e. The van der Waals surface area contributed by atoms with Crippen molar-refractivity contribution in [1.29, 1.82) is 0 Å². The maximum Gasteiger partial charge on any atom is 0.273 e. The zero-order chi connectivity index (χ0) is 24.4. The number of rotatable bonds is 8. The van der Waals surface area contributed by atoms with Gasteiger partial charge in [-0.25, -0.2) is 0 Å². The number of halogens is 1.